The lowest BCUT2D eigenvalue weighted by atomic mass is 10.0. The van der Waals surface area contributed by atoms with Gasteiger partial charge in [0.25, 0.3) is 0 Å². The normalized spacial score (nSPS) is 12.0. The number of methoxy groups -OCH3 is 1. The van der Waals surface area contributed by atoms with Crippen LogP contribution in [0.3, 0.4) is 0 Å². The summed E-state index contributed by atoms with van der Waals surface area (Å²) in [7, 11) is 1.36. The first-order valence-corrected chi connectivity index (χ1v) is 6.78. The van der Waals surface area contributed by atoms with E-state index < -0.39 is 5.97 Å². The molecule has 106 valence electrons. The lowest BCUT2D eigenvalue weighted by molar-refractivity contribution is 0.0602. The number of rotatable bonds is 6. The van der Waals surface area contributed by atoms with E-state index in [1.165, 1.54) is 7.11 Å². The van der Waals surface area contributed by atoms with E-state index in [2.05, 4.69) is 19.2 Å². The lowest BCUT2D eigenvalue weighted by Gasteiger charge is -2.19. The lowest BCUT2D eigenvalue weighted by Crippen LogP contribution is -2.19. The zero-order valence-electron chi connectivity index (χ0n) is 12.2. The number of benzene rings is 1. The second kappa shape index (κ2) is 7.02. The second-order valence-electron chi connectivity index (χ2n) is 4.78. The number of nitrogen functional groups attached to an aromatic ring is 1. The van der Waals surface area contributed by atoms with E-state index in [0.717, 1.165) is 30.5 Å². The maximum Gasteiger partial charge on any atom is 0.340 e. The summed E-state index contributed by atoms with van der Waals surface area (Å²) in [6.07, 6.45) is 3.28. The zero-order valence-corrected chi connectivity index (χ0v) is 12.2. The minimum atomic E-state index is -0.396. The van der Waals surface area contributed by atoms with Crippen LogP contribution in [0, 0.1) is 6.92 Å². The Bertz CT molecular complexity index is 444. The van der Waals surface area contributed by atoms with Crippen LogP contribution < -0.4 is 11.1 Å². The van der Waals surface area contributed by atoms with Crippen LogP contribution in [0.15, 0.2) is 12.1 Å². The molecule has 1 unspecified atom stereocenters. The largest absolute Gasteiger partial charge is 0.465 e. The molecule has 0 aliphatic rings. The summed E-state index contributed by atoms with van der Waals surface area (Å²) in [5.74, 6) is -0.396. The first kappa shape index (κ1) is 15.3. The molecular formula is C15H24N2O2. The van der Waals surface area contributed by atoms with Crippen LogP contribution in [0.4, 0.5) is 11.4 Å². The van der Waals surface area contributed by atoms with Crippen molar-refractivity contribution in [1.29, 1.82) is 0 Å². The second-order valence-corrected chi connectivity index (χ2v) is 4.78. The summed E-state index contributed by atoms with van der Waals surface area (Å²) < 4.78 is 4.76. The topological polar surface area (TPSA) is 64.3 Å². The number of ether oxygens (including phenoxy) is 1. The third-order valence-corrected chi connectivity index (χ3v) is 3.29. The fraction of sp³-hybridized carbons (Fsp3) is 0.533. The Morgan fingerprint density at radius 1 is 1.42 bits per heavy atom. The Hall–Kier alpha value is -1.71. The van der Waals surface area contributed by atoms with E-state index in [1.54, 1.807) is 6.07 Å². The van der Waals surface area contributed by atoms with Crippen molar-refractivity contribution in [1.82, 2.24) is 0 Å². The Morgan fingerprint density at radius 3 is 2.63 bits per heavy atom. The molecule has 0 aliphatic heterocycles. The molecule has 1 aromatic carbocycles. The number of esters is 1. The minimum absolute atomic E-state index is 0.396. The Labute approximate surface area is 115 Å². The van der Waals surface area contributed by atoms with Gasteiger partial charge in [0.05, 0.1) is 12.7 Å². The number of nitrogens with one attached hydrogen (secondary N) is 1. The van der Waals surface area contributed by atoms with E-state index in [-0.39, 0.29) is 0 Å². The molecule has 0 aromatic heterocycles. The third-order valence-electron chi connectivity index (χ3n) is 3.29. The highest BCUT2D eigenvalue weighted by Crippen LogP contribution is 2.24. The first-order chi connectivity index (χ1) is 9.03. The number of anilines is 2. The van der Waals surface area contributed by atoms with Crippen molar-refractivity contribution < 1.29 is 9.53 Å². The molecule has 3 N–H and O–H groups in total. The van der Waals surface area contributed by atoms with Gasteiger partial charge in [0.1, 0.15) is 0 Å². The highest BCUT2D eigenvalue weighted by Gasteiger charge is 2.14. The van der Waals surface area contributed by atoms with Gasteiger partial charge in [-0.3, -0.25) is 0 Å². The van der Waals surface area contributed by atoms with E-state index >= 15 is 0 Å². The summed E-state index contributed by atoms with van der Waals surface area (Å²) in [6.45, 7) is 6.21. The quantitative estimate of drug-likeness (QED) is 0.611. The van der Waals surface area contributed by atoms with Crippen LogP contribution in [0.25, 0.3) is 0 Å². The Morgan fingerprint density at radius 2 is 2.11 bits per heavy atom. The van der Waals surface area contributed by atoms with Crippen LogP contribution in [-0.2, 0) is 4.74 Å². The van der Waals surface area contributed by atoms with Gasteiger partial charge in [-0.1, -0.05) is 20.3 Å². The number of carbonyl (C=O) groups is 1. The Kier molecular flexibility index (Phi) is 5.67. The Balaban J connectivity index is 3.02. The maximum absolute atomic E-state index is 11.7. The number of carbonyl (C=O) groups excluding carboxylic acids is 1. The maximum atomic E-state index is 11.7. The van der Waals surface area contributed by atoms with Crippen LogP contribution in [-0.4, -0.2) is 19.1 Å². The monoisotopic (exact) mass is 264 g/mol. The highest BCUT2D eigenvalue weighted by atomic mass is 16.5. The predicted molar refractivity (Wildman–Crippen MR) is 79.5 cm³/mol. The minimum Gasteiger partial charge on any atom is -0.465 e. The van der Waals surface area contributed by atoms with Crippen LogP contribution >= 0.6 is 0 Å². The molecule has 0 spiro atoms. The summed E-state index contributed by atoms with van der Waals surface area (Å²) in [5, 5.41) is 3.45. The molecule has 0 aliphatic carbocycles. The van der Waals surface area contributed by atoms with Gasteiger partial charge in [0.2, 0.25) is 0 Å². The van der Waals surface area contributed by atoms with Gasteiger partial charge in [0.15, 0.2) is 0 Å². The molecule has 0 bridgehead atoms. The number of nitrogens with two attached hydrogens (primary N) is 1. The van der Waals surface area contributed by atoms with Crippen molar-refractivity contribution in [2.24, 2.45) is 0 Å². The summed E-state index contributed by atoms with van der Waals surface area (Å²) >= 11 is 0. The van der Waals surface area contributed by atoms with Crippen molar-refractivity contribution in [2.45, 2.75) is 46.1 Å². The average Bonchev–Trinajstić information content (AvgIpc) is 2.41. The summed E-state index contributed by atoms with van der Waals surface area (Å²) in [4.78, 5) is 11.7. The average molecular weight is 264 g/mol. The van der Waals surface area contributed by atoms with Crippen LogP contribution in [0.2, 0.25) is 0 Å². The third kappa shape index (κ3) is 3.88. The van der Waals surface area contributed by atoms with Crippen molar-refractivity contribution >= 4 is 17.3 Å². The van der Waals surface area contributed by atoms with Gasteiger partial charge < -0.3 is 15.8 Å². The molecule has 0 amide bonds. The number of hydrogen-bond donors (Lipinski definition) is 2. The molecular weight excluding hydrogens is 240 g/mol. The van der Waals surface area contributed by atoms with Gasteiger partial charge >= 0.3 is 5.97 Å². The standard InChI is InChI=1S/C15H24N2O2/c1-5-7-11(6-2)17-12-8-10(3)14(16)13(9-12)15(18)19-4/h8-9,11,17H,5-7,16H2,1-4H3. The van der Waals surface area contributed by atoms with Crippen LogP contribution in [0.1, 0.15) is 49.0 Å². The van der Waals surface area contributed by atoms with Crippen molar-refractivity contribution in [3.05, 3.63) is 23.3 Å². The van der Waals surface area contributed by atoms with E-state index in [9.17, 15) is 4.79 Å². The van der Waals surface area contributed by atoms with E-state index in [0.29, 0.717) is 17.3 Å². The number of hydrogen-bond acceptors (Lipinski definition) is 4. The molecule has 1 atom stereocenters. The molecule has 4 heteroatoms. The van der Waals surface area contributed by atoms with Gasteiger partial charge in [-0.25, -0.2) is 4.79 Å². The van der Waals surface area contributed by atoms with Gasteiger partial charge in [-0.15, -0.1) is 0 Å². The SMILES string of the molecule is CCCC(CC)Nc1cc(C)c(N)c(C(=O)OC)c1. The molecule has 1 aromatic rings. The van der Waals surface area contributed by atoms with E-state index in [1.807, 2.05) is 13.0 Å². The van der Waals surface area contributed by atoms with E-state index in [4.69, 9.17) is 10.5 Å². The molecule has 0 fully saturated rings. The molecule has 0 heterocycles. The number of aryl methyl sites for hydroxylation is 1. The van der Waals surface area contributed by atoms with Gasteiger partial charge in [-0.2, -0.15) is 0 Å². The molecule has 4 nitrogen and oxygen atoms in total. The van der Waals surface area contributed by atoms with Crippen LogP contribution in [0.5, 0.6) is 0 Å². The highest BCUT2D eigenvalue weighted by molar-refractivity contribution is 5.97. The van der Waals surface area contributed by atoms with Crippen molar-refractivity contribution in [3.8, 4) is 0 Å². The summed E-state index contributed by atoms with van der Waals surface area (Å²) in [6, 6.07) is 4.16. The summed E-state index contributed by atoms with van der Waals surface area (Å²) in [5.41, 5.74) is 8.64. The van der Waals surface area contributed by atoms with Gasteiger partial charge in [0, 0.05) is 17.4 Å². The van der Waals surface area contributed by atoms with Crippen molar-refractivity contribution in [2.75, 3.05) is 18.2 Å². The first-order valence-electron chi connectivity index (χ1n) is 6.78. The molecule has 19 heavy (non-hydrogen) atoms. The molecule has 1 rings (SSSR count). The zero-order chi connectivity index (χ0) is 14.4. The fourth-order valence-corrected chi connectivity index (χ4v) is 2.12. The smallest absolute Gasteiger partial charge is 0.340 e. The molecule has 0 saturated carbocycles. The molecule has 0 saturated heterocycles. The predicted octanol–water partition coefficient (Wildman–Crippen LogP) is 3.35. The van der Waals surface area contributed by atoms with Gasteiger partial charge in [-0.05, 0) is 37.5 Å². The van der Waals surface area contributed by atoms with Crippen molar-refractivity contribution in [3.63, 3.8) is 0 Å². The fourth-order valence-electron chi connectivity index (χ4n) is 2.12. The molecule has 0 radical (unpaired) electrons.